The molecule has 132 valence electrons. The van der Waals surface area contributed by atoms with Gasteiger partial charge in [0.2, 0.25) is 0 Å². The Labute approximate surface area is 162 Å². The molecule has 0 spiro atoms. The third-order valence-corrected chi connectivity index (χ3v) is 4.15. The van der Waals surface area contributed by atoms with Gasteiger partial charge in [0.25, 0.3) is 0 Å². The van der Waals surface area contributed by atoms with E-state index in [2.05, 4.69) is 21.0 Å². The zero-order chi connectivity index (χ0) is 16.7. The molecule has 1 heterocycles. The van der Waals surface area contributed by atoms with E-state index in [9.17, 15) is 8.78 Å². The minimum absolute atomic E-state index is 0. The van der Waals surface area contributed by atoms with Crippen molar-refractivity contribution >= 4 is 41.3 Å². The number of thiophene rings is 1. The van der Waals surface area contributed by atoms with E-state index in [0.717, 1.165) is 18.2 Å². The van der Waals surface area contributed by atoms with Gasteiger partial charge in [-0.3, -0.25) is 0 Å². The van der Waals surface area contributed by atoms with Gasteiger partial charge >= 0.3 is 0 Å². The third kappa shape index (κ3) is 6.35. The van der Waals surface area contributed by atoms with Gasteiger partial charge < -0.3 is 10.6 Å². The molecular formula is C17H22F2IN3S. The van der Waals surface area contributed by atoms with Crippen LogP contribution in [0.1, 0.15) is 30.9 Å². The SMILES string of the molecule is CCNC(=NCc1ccsc1)NCC(C)c1ccc(F)cc1F.I. The van der Waals surface area contributed by atoms with Crippen LogP contribution in [-0.4, -0.2) is 19.0 Å². The number of halogens is 3. The van der Waals surface area contributed by atoms with Gasteiger partial charge in [-0.15, -0.1) is 24.0 Å². The van der Waals surface area contributed by atoms with E-state index in [1.54, 1.807) is 11.3 Å². The molecule has 0 saturated heterocycles. The number of nitrogens with one attached hydrogen (secondary N) is 2. The number of aliphatic imine (C=N–C) groups is 1. The summed E-state index contributed by atoms with van der Waals surface area (Å²) in [6.45, 7) is 5.74. The van der Waals surface area contributed by atoms with E-state index in [4.69, 9.17) is 0 Å². The van der Waals surface area contributed by atoms with Gasteiger partial charge in [0.1, 0.15) is 11.6 Å². The minimum atomic E-state index is -0.558. The first-order valence-corrected chi connectivity index (χ1v) is 8.52. The quantitative estimate of drug-likeness (QED) is 0.375. The lowest BCUT2D eigenvalue weighted by Gasteiger charge is -2.16. The molecule has 0 bridgehead atoms. The molecule has 0 aliphatic carbocycles. The molecule has 0 radical (unpaired) electrons. The standard InChI is InChI=1S/C17H21F2N3S.HI/c1-3-20-17(22-10-13-6-7-23-11-13)21-9-12(2)15-5-4-14(18)8-16(15)19;/h4-8,11-12H,3,9-10H2,1-2H3,(H2,20,21,22);1H. The van der Waals surface area contributed by atoms with Crippen LogP contribution in [0.25, 0.3) is 0 Å². The van der Waals surface area contributed by atoms with Crippen LogP contribution in [0, 0.1) is 11.6 Å². The maximum absolute atomic E-state index is 13.8. The van der Waals surface area contributed by atoms with Gasteiger partial charge in [-0.2, -0.15) is 11.3 Å². The molecule has 0 saturated carbocycles. The van der Waals surface area contributed by atoms with Crippen molar-refractivity contribution in [1.29, 1.82) is 0 Å². The van der Waals surface area contributed by atoms with Gasteiger partial charge in [0.05, 0.1) is 6.54 Å². The Kier molecular flexibility index (Phi) is 9.20. The van der Waals surface area contributed by atoms with Crippen LogP contribution in [0.5, 0.6) is 0 Å². The number of guanidine groups is 1. The molecule has 1 aromatic carbocycles. The summed E-state index contributed by atoms with van der Waals surface area (Å²) in [5.74, 6) is -0.481. The molecule has 2 N–H and O–H groups in total. The van der Waals surface area contributed by atoms with Crippen LogP contribution in [0.15, 0.2) is 40.0 Å². The molecule has 2 rings (SSSR count). The van der Waals surface area contributed by atoms with Crippen molar-refractivity contribution in [3.63, 3.8) is 0 Å². The molecule has 1 aromatic heterocycles. The number of nitrogens with zero attached hydrogens (tertiary/aromatic N) is 1. The fourth-order valence-electron chi connectivity index (χ4n) is 2.16. The van der Waals surface area contributed by atoms with E-state index in [1.807, 2.05) is 25.3 Å². The summed E-state index contributed by atoms with van der Waals surface area (Å²) in [5, 5.41) is 10.4. The fraction of sp³-hybridized carbons (Fsp3) is 0.353. The predicted molar refractivity (Wildman–Crippen MR) is 107 cm³/mol. The Balaban J connectivity index is 0.00000288. The average molecular weight is 465 g/mol. The third-order valence-electron chi connectivity index (χ3n) is 3.41. The molecule has 24 heavy (non-hydrogen) atoms. The Hall–Kier alpha value is -1.22. The molecule has 0 amide bonds. The summed E-state index contributed by atoms with van der Waals surface area (Å²) in [4.78, 5) is 4.51. The molecule has 0 aliphatic heterocycles. The minimum Gasteiger partial charge on any atom is -0.357 e. The maximum Gasteiger partial charge on any atom is 0.191 e. The van der Waals surface area contributed by atoms with Crippen molar-refractivity contribution in [2.24, 2.45) is 4.99 Å². The molecule has 0 aliphatic rings. The summed E-state index contributed by atoms with van der Waals surface area (Å²) < 4.78 is 26.8. The van der Waals surface area contributed by atoms with Gasteiger partial charge in [0.15, 0.2) is 5.96 Å². The Morgan fingerprint density at radius 2 is 2.04 bits per heavy atom. The van der Waals surface area contributed by atoms with E-state index in [1.165, 1.54) is 12.1 Å². The summed E-state index contributed by atoms with van der Waals surface area (Å²) in [5.41, 5.74) is 1.65. The van der Waals surface area contributed by atoms with Crippen LogP contribution < -0.4 is 10.6 Å². The molecule has 0 fully saturated rings. The lowest BCUT2D eigenvalue weighted by molar-refractivity contribution is 0.556. The molecule has 1 unspecified atom stereocenters. The predicted octanol–water partition coefficient (Wildman–Crippen LogP) is 4.50. The second-order valence-electron chi connectivity index (χ2n) is 5.27. The topological polar surface area (TPSA) is 36.4 Å². The first kappa shape index (κ1) is 20.8. The summed E-state index contributed by atoms with van der Waals surface area (Å²) in [6, 6.07) is 5.73. The van der Waals surface area contributed by atoms with E-state index in [0.29, 0.717) is 24.6 Å². The van der Waals surface area contributed by atoms with Crippen molar-refractivity contribution in [2.45, 2.75) is 26.3 Å². The highest BCUT2D eigenvalue weighted by Crippen LogP contribution is 2.19. The first-order chi connectivity index (χ1) is 11.1. The highest BCUT2D eigenvalue weighted by atomic mass is 127. The highest BCUT2D eigenvalue weighted by molar-refractivity contribution is 14.0. The van der Waals surface area contributed by atoms with Gasteiger partial charge in [-0.1, -0.05) is 13.0 Å². The molecule has 3 nitrogen and oxygen atoms in total. The van der Waals surface area contributed by atoms with Gasteiger partial charge in [-0.25, -0.2) is 13.8 Å². The van der Waals surface area contributed by atoms with Crippen LogP contribution in [0.2, 0.25) is 0 Å². The van der Waals surface area contributed by atoms with Crippen molar-refractivity contribution in [2.75, 3.05) is 13.1 Å². The first-order valence-electron chi connectivity index (χ1n) is 7.58. The average Bonchev–Trinajstić information content (AvgIpc) is 3.03. The number of hydrogen-bond donors (Lipinski definition) is 2. The molecule has 7 heteroatoms. The lowest BCUT2D eigenvalue weighted by Crippen LogP contribution is -2.39. The van der Waals surface area contributed by atoms with E-state index >= 15 is 0 Å². The van der Waals surface area contributed by atoms with Crippen molar-refractivity contribution in [3.8, 4) is 0 Å². The Bertz CT molecular complexity index is 647. The monoisotopic (exact) mass is 465 g/mol. The van der Waals surface area contributed by atoms with Crippen LogP contribution >= 0.6 is 35.3 Å². The summed E-state index contributed by atoms with van der Waals surface area (Å²) in [7, 11) is 0. The molecule has 1 atom stereocenters. The number of benzene rings is 1. The molecular weight excluding hydrogens is 443 g/mol. The van der Waals surface area contributed by atoms with Gasteiger partial charge in [0, 0.05) is 25.1 Å². The lowest BCUT2D eigenvalue weighted by atomic mass is 10.0. The van der Waals surface area contributed by atoms with Crippen LogP contribution in [0.3, 0.4) is 0 Å². The number of hydrogen-bond acceptors (Lipinski definition) is 2. The van der Waals surface area contributed by atoms with Crippen molar-refractivity contribution in [1.82, 2.24) is 10.6 Å². The summed E-state index contributed by atoms with van der Waals surface area (Å²) >= 11 is 1.64. The van der Waals surface area contributed by atoms with E-state index in [-0.39, 0.29) is 29.9 Å². The maximum atomic E-state index is 13.8. The normalized spacial score (nSPS) is 12.4. The van der Waals surface area contributed by atoms with Gasteiger partial charge in [-0.05, 0) is 40.9 Å². The smallest absolute Gasteiger partial charge is 0.191 e. The van der Waals surface area contributed by atoms with Crippen molar-refractivity contribution < 1.29 is 8.78 Å². The summed E-state index contributed by atoms with van der Waals surface area (Å²) in [6.07, 6.45) is 0. The van der Waals surface area contributed by atoms with Crippen LogP contribution in [0.4, 0.5) is 8.78 Å². The van der Waals surface area contributed by atoms with E-state index < -0.39 is 11.6 Å². The fourth-order valence-corrected chi connectivity index (χ4v) is 2.82. The second kappa shape index (κ2) is 10.6. The zero-order valence-electron chi connectivity index (χ0n) is 13.7. The zero-order valence-corrected chi connectivity index (χ0v) is 16.8. The molecule has 2 aromatic rings. The second-order valence-corrected chi connectivity index (χ2v) is 6.05. The Morgan fingerprint density at radius 3 is 2.67 bits per heavy atom. The largest absolute Gasteiger partial charge is 0.357 e. The highest BCUT2D eigenvalue weighted by Gasteiger charge is 2.12. The van der Waals surface area contributed by atoms with Crippen molar-refractivity contribution in [3.05, 3.63) is 57.8 Å². The number of rotatable bonds is 6. The van der Waals surface area contributed by atoms with Crippen LogP contribution in [-0.2, 0) is 6.54 Å². The Morgan fingerprint density at radius 1 is 1.25 bits per heavy atom.